The van der Waals surface area contributed by atoms with Gasteiger partial charge < -0.3 is 32.3 Å². The van der Waals surface area contributed by atoms with E-state index in [0.29, 0.717) is 21.7 Å². The summed E-state index contributed by atoms with van der Waals surface area (Å²) in [4.78, 5) is 76.3. The summed E-state index contributed by atoms with van der Waals surface area (Å²) >= 11 is 6.44. The van der Waals surface area contributed by atoms with Gasteiger partial charge >= 0.3 is 0 Å². The summed E-state index contributed by atoms with van der Waals surface area (Å²) in [5, 5.41) is 13.3. The van der Waals surface area contributed by atoms with Gasteiger partial charge in [-0.15, -0.1) is 0 Å². The molecule has 4 atom stereocenters. The molecule has 0 aromatic heterocycles. The average Bonchev–Trinajstić information content (AvgIpc) is 2.90. The molecule has 4 bridgehead atoms. The Morgan fingerprint density at radius 1 is 0.860 bits per heavy atom. The number of hydrogen-bond donors (Lipinski definition) is 6. The van der Waals surface area contributed by atoms with E-state index < -0.39 is 65.1 Å². The molecule has 230 valence electrons. The predicted octanol–water partition coefficient (Wildman–Crippen LogP) is 0.485. The lowest BCUT2D eigenvalue weighted by atomic mass is 9.95. The van der Waals surface area contributed by atoms with Gasteiger partial charge in [-0.05, 0) is 62.1 Å². The van der Waals surface area contributed by atoms with Crippen LogP contribution in [-0.2, 0) is 41.6 Å². The highest BCUT2D eigenvalue weighted by molar-refractivity contribution is 6.31. The summed E-state index contributed by atoms with van der Waals surface area (Å²) in [6, 6.07) is 8.18. The van der Waals surface area contributed by atoms with Crippen molar-refractivity contribution in [3.63, 3.8) is 0 Å². The van der Waals surface area contributed by atoms with E-state index in [4.69, 9.17) is 17.3 Å². The van der Waals surface area contributed by atoms with Crippen LogP contribution in [0.2, 0.25) is 5.02 Å². The number of hydrogen-bond acceptors (Lipinski definition) is 6. The van der Waals surface area contributed by atoms with Crippen molar-refractivity contribution >= 4 is 47.0 Å². The summed E-state index contributed by atoms with van der Waals surface area (Å²) in [5.74, 6) is -3.82. The molecule has 1 heterocycles. The largest absolute Gasteiger partial charge is 0.368 e. The Labute approximate surface area is 254 Å². The van der Waals surface area contributed by atoms with Crippen LogP contribution < -0.4 is 32.3 Å². The lowest BCUT2D eigenvalue weighted by molar-refractivity contribution is -0.136. The standard InChI is InChI=1S/C30H37ClN6O6/c1-15-26(40)33-16(2)27(41)37-30(4,5)29(43)36-23(25(32)39)12-18-7-6-8-20(9-18)21-10-19(11-22(31)14-21)13-24(28(42)34-15)35-17(3)38/h6-11,14-16,23-24H,12-13H2,1-5H3,(H2,32,39)(H,33,40)(H,34,42)(H,35,38)(H,36,43)(H,37,41)/t15-,16-,23-,24-/m0/s1. The van der Waals surface area contributed by atoms with Crippen molar-refractivity contribution < 1.29 is 28.8 Å². The Morgan fingerprint density at radius 3 is 2.14 bits per heavy atom. The molecule has 6 amide bonds. The fraction of sp³-hybridized carbons (Fsp3) is 0.400. The van der Waals surface area contributed by atoms with Crippen molar-refractivity contribution in [3.8, 4) is 11.1 Å². The molecule has 43 heavy (non-hydrogen) atoms. The van der Waals surface area contributed by atoms with Crippen LogP contribution in [0.25, 0.3) is 11.1 Å². The van der Waals surface area contributed by atoms with E-state index in [2.05, 4.69) is 26.6 Å². The Bertz CT molecular complexity index is 1440. The van der Waals surface area contributed by atoms with E-state index in [-0.39, 0.29) is 12.8 Å². The van der Waals surface area contributed by atoms with Crippen molar-refractivity contribution in [2.75, 3.05) is 0 Å². The molecular formula is C30H37ClN6O6. The minimum absolute atomic E-state index is 0.0661. The van der Waals surface area contributed by atoms with Gasteiger partial charge in [-0.2, -0.15) is 0 Å². The van der Waals surface area contributed by atoms with Gasteiger partial charge in [0.1, 0.15) is 29.7 Å². The van der Waals surface area contributed by atoms with Crippen LogP contribution in [0.15, 0.2) is 42.5 Å². The monoisotopic (exact) mass is 612 g/mol. The van der Waals surface area contributed by atoms with Gasteiger partial charge in [0.2, 0.25) is 35.4 Å². The lowest BCUT2D eigenvalue weighted by Crippen LogP contribution is -2.62. The van der Waals surface area contributed by atoms with E-state index in [1.165, 1.54) is 34.6 Å². The minimum Gasteiger partial charge on any atom is -0.368 e. The molecule has 0 saturated heterocycles. The number of benzene rings is 2. The molecule has 0 fully saturated rings. The molecule has 0 saturated carbocycles. The second-order valence-electron chi connectivity index (χ2n) is 11.2. The van der Waals surface area contributed by atoms with E-state index in [0.717, 1.165) is 5.56 Å². The maximum Gasteiger partial charge on any atom is 0.245 e. The number of fused-ring (bicyclic) bond motifs is 5. The number of halogens is 1. The fourth-order valence-corrected chi connectivity index (χ4v) is 4.81. The summed E-state index contributed by atoms with van der Waals surface area (Å²) in [7, 11) is 0. The van der Waals surface area contributed by atoms with Crippen molar-refractivity contribution in [1.82, 2.24) is 26.6 Å². The second kappa shape index (κ2) is 13.7. The molecule has 13 heteroatoms. The zero-order valence-corrected chi connectivity index (χ0v) is 25.4. The number of nitrogens with one attached hydrogen (secondary N) is 5. The van der Waals surface area contributed by atoms with Crippen LogP contribution in [0, 0.1) is 0 Å². The first-order chi connectivity index (χ1) is 20.0. The van der Waals surface area contributed by atoms with E-state index >= 15 is 0 Å². The third kappa shape index (κ3) is 9.02. The molecule has 2 aromatic rings. The van der Waals surface area contributed by atoms with Crippen molar-refractivity contribution in [3.05, 3.63) is 58.6 Å². The van der Waals surface area contributed by atoms with Crippen LogP contribution in [0.1, 0.15) is 45.7 Å². The van der Waals surface area contributed by atoms with Gasteiger partial charge in [-0.25, -0.2) is 0 Å². The minimum atomic E-state index is -1.48. The number of carbonyl (C=O) groups is 6. The van der Waals surface area contributed by atoms with E-state index in [1.807, 2.05) is 18.2 Å². The summed E-state index contributed by atoms with van der Waals surface area (Å²) in [5.41, 5.74) is 6.93. The van der Waals surface area contributed by atoms with Crippen molar-refractivity contribution in [2.24, 2.45) is 5.73 Å². The third-order valence-corrected chi connectivity index (χ3v) is 7.17. The number of amides is 6. The van der Waals surface area contributed by atoms with Gasteiger partial charge in [0.05, 0.1) is 0 Å². The number of rotatable bonds is 2. The molecule has 0 spiro atoms. The van der Waals surface area contributed by atoms with Gasteiger partial charge in [0.15, 0.2) is 0 Å². The average molecular weight is 613 g/mol. The van der Waals surface area contributed by atoms with Crippen LogP contribution in [0.5, 0.6) is 0 Å². The van der Waals surface area contributed by atoms with E-state index in [1.54, 1.807) is 24.3 Å². The smallest absolute Gasteiger partial charge is 0.245 e. The molecular weight excluding hydrogens is 576 g/mol. The van der Waals surface area contributed by atoms with Gasteiger partial charge in [-0.3, -0.25) is 28.8 Å². The van der Waals surface area contributed by atoms with Crippen LogP contribution >= 0.6 is 11.6 Å². The number of nitrogens with two attached hydrogens (primary N) is 1. The highest BCUT2D eigenvalue weighted by Crippen LogP contribution is 2.27. The topological polar surface area (TPSA) is 189 Å². The highest BCUT2D eigenvalue weighted by Gasteiger charge is 2.34. The zero-order valence-electron chi connectivity index (χ0n) is 24.7. The maximum absolute atomic E-state index is 13.2. The van der Waals surface area contributed by atoms with Crippen LogP contribution in [-0.4, -0.2) is 65.1 Å². The Hall–Kier alpha value is -4.45. The molecule has 12 nitrogen and oxygen atoms in total. The van der Waals surface area contributed by atoms with E-state index in [9.17, 15) is 28.8 Å². The molecule has 3 rings (SSSR count). The maximum atomic E-state index is 13.2. The Morgan fingerprint density at radius 2 is 1.49 bits per heavy atom. The fourth-order valence-electron chi connectivity index (χ4n) is 4.56. The van der Waals surface area contributed by atoms with Gasteiger partial charge in [0, 0.05) is 24.8 Å². The summed E-state index contributed by atoms with van der Waals surface area (Å²) in [6.45, 7) is 7.03. The number of carbonyl (C=O) groups excluding carboxylic acids is 6. The molecule has 0 radical (unpaired) electrons. The van der Waals surface area contributed by atoms with Crippen molar-refractivity contribution in [2.45, 2.75) is 77.2 Å². The first kappa shape index (κ1) is 33.1. The third-order valence-electron chi connectivity index (χ3n) is 6.95. The zero-order chi connectivity index (χ0) is 32.1. The first-order valence-electron chi connectivity index (χ1n) is 13.7. The molecule has 1 aliphatic rings. The molecule has 2 aromatic carbocycles. The van der Waals surface area contributed by atoms with Crippen LogP contribution in [0.4, 0.5) is 0 Å². The first-order valence-corrected chi connectivity index (χ1v) is 14.1. The van der Waals surface area contributed by atoms with Crippen molar-refractivity contribution in [1.29, 1.82) is 0 Å². The Kier molecular flexibility index (Phi) is 10.5. The quantitative estimate of drug-likeness (QED) is 0.286. The highest BCUT2D eigenvalue weighted by atomic mass is 35.5. The van der Waals surface area contributed by atoms with Gasteiger partial charge in [0.25, 0.3) is 0 Å². The van der Waals surface area contributed by atoms with Crippen LogP contribution in [0.3, 0.4) is 0 Å². The molecule has 7 N–H and O–H groups in total. The Balaban J connectivity index is 2.07. The molecule has 0 unspecified atom stereocenters. The lowest BCUT2D eigenvalue weighted by Gasteiger charge is -2.29. The SMILES string of the molecule is CC(=O)N[C@H]1Cc2cc(Cl)cc(c2)-c2cccc(c2)C[C@@H](C(N)=O)NC(=O)C(C)(C)NC(=O)[C@H](C)NC(=O)[C@H](C)NC1=O. The summed E-state index contributed by atoms with van der Waals surface area (Å²) in [6.07, 6.45) is 0.137. The van der Waals surface area contributed by atoms with Gasteiger partial charge in [-0.1, -0.05) is 41.9 Å². The normalized spacial score (nSPS) is 23.4. The number of primary amides is 1. The summed E-state index contributed by atoms with van der Waals surface area (Å²) < 4.78 is 0. The predicted molar refractivity (Wildman–Crippen MR) is 160 cm³/mol. The molecule has 0 aliphatic carbocycles. The molecule has 1 aliphatic heterocycles. The second-order valence-corrected chi connectivity index (χ2v) is 11.6.